The van der Waals surface area contributed by atoms with E-state index in [1.807, 2.05) is 18.2 Å². The summed E-state index contributed by atoms with van der Waals surface area (Å²) in [6, 6.07) is 10.1. The van der Waals surface area contributed by atoms with Crippen molar-refractivity contribution in [3.63, 3.8) is 0 Å². The van der Waals surface area contributed by atoms with Gasteiger partial charge in [0.05, 0.1) is 6.42 Å². The van der Waals surface area contributed by atoms with Crippen LogP contribution in [0.15, 0.2) is 30.3 Å². The summed E-state index contributed by atoms with van der Waals surface area (Å²) < 4.78 is 5.69. The Hall–Kier alpha value is -1.72. The number of hydrogen-bond donors (Lipinski definition) is 0. The maximum Gasteiger partial charge on any atom is 0.306 e. The molecule has 0 aliphatic carbocycles. The lowest BCUT2D eigenvalue weighted by molar-refractivity contribution is -0.314. The molecule has 0 aromatic heterocycles. The Morgan fingerprint density at radius 2 is 1.70 bits per heavy atom. The molecular formula is C22H33NO4. The Labute approximate surface area is 163 Å². The molecule has 5 nitrogen and oxygen atoms in total. The lowest BCUT2D eigenvalue weighted by Crippen LogP contribution is -2.62. The van der Waals surface area contributed by atoms with Crippen LogP contribution in [0.4, 0.5) is 0 Å². The predicted octanol–water partition coefficient (Wildman–Crippen LogP) is 4.47. The van der Waals surface area contributed by atoms with E-state index in [4.69, 9.17) is 9.57 Å². The molecule has 27 heavy (non-hydrogen) atoms. The zero-order valence-electron chi connectivity index (χ0n) is 17.4. The number of rotatable bonds is 7. The summed E-state index contributed by atoms with van der Waals surface area (Å²) in [6.07, 6.45) is 2.02. The average Bonchev–Trinajstić information content (AvgIpc) is 2.57. The van der Waals surface area contributed by atoms with Crippen molar-refractivity contribution in [1.82, 2.24) is 5.06 Å². The molecule has 1 saturated heterocycles. The van der Waals surface area contributed by atoms with Gasteiger partial charge in [-0.1, -0.05) is 37.3 Å². The first-order chi connectivity index (χ1) is 12.5. The van der Waals surface area contributed by atoms with Gasteiger partial charge in [0.15, 0.2) is 0 Å². The van der Waals surface area contributed by atoms with Gasteiger partial charge in [0.2, 0.25) is 0 Å². The van der Waals surface area contributed by atoms with Crippen LogP contribution in [0, 0.1) is 5.92 Å². The van der Waals surface area contributed by atoms with Crippen LogP contribution in [-0.4, -0.2) is 34.5 Å². The highest BCUT2D eigenvalue weighted by Crippen LogP contribution is 2.41. The van der Waals surface area contributed by atoms with Gasteiger partial charge in [-0.3, -0.25) is 9.63 Å². The summed E-state index contributed by atoms with van der Waals surface area (Å²) in [5.74, 6) is -0.619. The number of carbonyl (C=O) groups excluding carboxylic acids is 2. The fraction of sp³-hybridized carbons (Fsp3) is 0.636. The second-order valence-electron chi connectivity index (χ2n) is 8.92. The molecule has 2 unspecified atom stereocenters. The van der Waals surface area contributed by atoms with Gasteiger partial charge >= 0.3 is 5.97 Å². The topological polar surface area (TPSA) is 55.8 Å². The zero-order chi connectivity index (χ0) is 20.2. The molecule has 0 amide bonds. The molecule has 5 heteroatoms. The van der Waals surface area contributed by atoms with Crippen molar-refractivity contribution in [2.45, 2.75) is 84.1 Å². The van der Waals surface area contributed by atoms with E-state index < -0.39 is 0 Å². The van der Waals surface area contributed by atoms with Crippen LogP contribution in [0.1, 0.15) is 72.5 Å². The fourth-order valence-electron chi connectivity index (χ4n) is 4.03. The van der Waals surface area contributed by atoms with Gasteiger partial charge in [-0.25, -0.2) is 0 Å². The summed E-state index contributed by atoms with van der Waals surface area (Å²) >= 11 is 0. The summed E-state index contributed by atoms with van der Waals surface area (Å²) in [4.78, 5) is 29.3. The van der Waals surface area contributed by atoms with Crippen molar-refractivity contribution in [1.29, 1.82) is 0 Å². The van der Waals surface area contributed by atoms with Crippen LogP contribution in [0.2, 0.25) is 0 Å². The molecule has 0 N–H and O–H groups in total. The lowest BCUT2D eigenvalue weighted by Gasteiger charge is -2.54. The van der Waals surface area contributed by atoms with Crippen LogP contribution < -0.4 is 0 Å². The minimum Gasteiger partial charge on any atom is -0.462 e. The number of hydrogen-bond acceptors (Lipinski definition) is 5. The number of ether oxygens (including phenoxy) is 1. The van der Waals surface area contributed by atoms with Gasteiger partial charge in [-0.15, -0.1) is 0 Å². The molecule has 150 valence electrons. The molecule has 1 fully saturated rings. The van der Waals surface area contributed by atoms with Crippen molar-refractivity contribution < 1.29 is 19.2 Å². The molecule has 2 rings (SSSR count). The van der Waals surface area contributed by atoms with Crippen molar-refractivity contribution in [2.75, 3.05) is 0 Å². The van der Waals surface area contributed by atoms with E-state index in [1.54, 1.807) is 6.92 Å². The van der Waals surface area contributed by atoms with Crippen molar-refractivity contribution in [3.8, 4) is 0 Å². The smallest absolute Gasteiger partial charge is 0.306 e. The molecular weight excluding hydrogens is 342 g/mol. The lowest BCUT2D eigenvalue weighted by atomic mass is 9.80. The SMILES string of the molecule is CC(C=O)CC(=O)OC1CC(C)(C)N(OC(C)c2ccccc2)C(C)(C)C1. The number of aldehydes is 1. The van der Waals surface area contributed by atoms with E-state index in [-0.39, 0.29) is 41.6 Å². The van der Waals surface area contributed by atoms with Crippen LogP contribution in [0.3, 0.4) is 0 Å². The number of hydroxylamine groups is 2. The van der Waals surface area contributed by atoms with Gasteiger partial charge in [-0.2, -0.15) is 5.06 Å². The Morgan fingerprint density at radius 3 is 2.22 bits per heavy atom. The number of carbonyl (C=O) groups is 2. The highest BCUT2D eigenvalue weighted by Gasteiger charge is 2.48. The molecule has 0 radical (unpaired) electrons. The normalized spacial score (nSPS) is 22.0. The van der Waals surface area contributed by atoms with Crippen molar-refractivity contribution in [2.24, 2.45) is 5.92 Å². The highest BCUT2D eigenvalue weighted by atomic mass is 16.7. The van der Waals surface area contributed by atoms with Crippen molar-refractivity contribution >= 4 is 12.3 Å². The van der Waals surface area contributed by atoms with E-state index >= 15 is 0 Å². The van der Waals surface area contributed by atoms with Gasteiger partial charge in [0.1, 0.15) is 18.5 Å². The van der Waals surface area contributed by atoms with E-state index in [9.17, 15) is 9.59 Å². The third-order valence-corrected chi connectivity index (χ3v) is 5.11. The Bertz CT molecular complexity index is 623. The maximum absolute atomic E-state index is 12.1. The molecule has 0 spiro atoms. The summed E-state index contributed by atoms with van der Waals surface area (Å²) in [5, 5.41) is 2.07. The number of nitrogens with zero attached hydrogens (tertiary/aromatic N) is 1. The summed E-state index contributed by atoms with van der Waals surface area (Å²) in [5.41, 5.74) is 0.526. The Kier molecular flexibility index (Phi) is 6.82. The first-order valence-electron chi connectivity index (χ1n) is 9.72. The monoisotopic (exact) mass is 375 g/mol. The van der Waals surface area contributed by atoms with Gasteiger partial charge in [0, 0.05) is 29.8 Å². The average molecular weight is 376 g/mol. The predicted molar refractivity (Wildman–Crippen MR) is 105 cm³/mol. The quantitative estimate of drug-likeness (QED) is 0.520. The van der Waals surface area contributed by atoms with E-state index in [0.29, 0.717) is 12.8 Å². The number of benzene rings is 1. The second-order valence-corrected chi connectivity index (χ2v) is 8.92. The molecule has 2 atom stereocenters. The standard InChI is InChI=1S/C22H33NO4/c1-16(15-24)12-20(25)26-19-13-21(3,4)23(22(5,6)14-19)27-17(2)18-10-8-7-9-11-18/h7-11,15-17,19H,12-14H2,1-6H3. The van der Waals surface area contributed by atoms with E-state index in [1.165, 1.54) is 0 Å². The number of esters is 1. The Morgan fingerprint density at radius 1 is 1.15 bits per heavy atom. The minimum atomic E-state index is -0.311. The van der Waals surface area contributed by atoms with Gasteiger partial charge in [0.25, 0.3) is 0 Å². The summed E-state index contributed by atoms with van der Waals surface area (Å²) in [6.45, 7) is 12.2. The minimum absolute atomic E-state index is 0.0720. The van der Waals surface area contributed by atoms with Crippen molar-refractivity contribution in [3.05, 3.63) is 35.9 Å². The maximum atomic E-state index is 12.1. The van der Waals surface area contributed by atoms with E-state index in [2.05, 4.69) is 51.8 Å². The van der Waals surface area contributed by atoms with Crippen LogP contribution in [-0.2, 0) is 19.2 Å². The largest absolute Gasteiger partial charge is 0.462 e. The molecule has 1 aromatic carbocycles. The fourth-order valence-corrected chi connectivity index (χ4v) is 4.03. The van der Waals surface area contributed by atoms with Gasteiger partial charge in [-0.05, 0) is 40.2 Å². The highest BCUT2D eigenvalue weighted by molar-refractivity contribution is 5.73. The molecule has 1 aliphatic heterocycles. The Balaban J connectivity index is 2.07. The first kappa shape index (κ1) is 21.6. The molecule has 0 bridgehead atoms. The molecule has 1 heterocycles. The van der Waals surface area contributed by atoms with Crippen LogP contribution in [0.25, 0.3) is 0 Å². The third kappa shape index (κ3) is 5.63. The number of piperidine rings is 1. The zero-order valence-corrected chi connectivity index (χ0v) is 17.4. The molecule has 1 aromatic rings. The van der Waals surface area contributed by atoms with Crippen LogP contribution in [0.5, 0.6) is 0 Å². The second kappa shape index (κ2) is 8.53. The van der Waals surface area contributed by atoms with Gasteiger partial charge < -0.3 is 9.53 Å². The molecule has 0 saturated carbocycles. The summed E-state index contributed by atoms with van der Waals surface area (Å²) in [7, 11) is 0. The third-order valence-electron chi connectivity index (χ3n) is 5.11. The van der Waals surface area contributed by atoms with Crippen LogP contribution >= 0.6 is 0 Å². The molecule has 1 aliphatic rings. The van der Waals surface area contributed by atoms with E-state index in [0.717, 1.165) is 11.8 Å². The first-order valence-corrected chi connectivity index (χ1v) is 9.72.